The minimum absolute atomic E-state index is 0.286. The molecule has 25 heavy (non-hydrogen) atoms. The van der Waals surface area contributed by atoms with Crippen molar-refractivity contribution in [1.29, 1.82) is 0 Å². The first-order valence-corrected chi connectivity index (χ1v) is 8.55. The number of pyridine rings is 1. The maximum Gasteiger partial charge on any atom is 0.340 e. The first kappa shape index (κ1) is 17.0. The Balaban J connectivity index is 2.26. The number of rotatable bonds is 6. The molecule has 0 aliphatic heterocycles. The van der Waals surface area contributed by atoms with E-state index >= 15 is 0 Å². The summed E-state index contributed by atoms with van der Waals surface area (Å²) in [7, 11) is 0. The van der Waals surface area contributed by atoms with Crippen molar-refractivity contribution in [3.63, 3.8) is 0 Å². The predicted molar refractivity (Wildman–Crippen MR) is 98.2 cm³/mol. The Bertz CT molecular complexity index is 907. The Morgan fingerprint density at radius 1 is 1.12 bits per heavy atom. The van der Waals surface area contributed by atoms with E-state index in [-0.39, 0.29) is 6.61 Å². The molecule has 0 bridgehead atoms. The molecule has 0 saturated heterocycles. The number of hydrogen-bond acceptors (Lipinski definition) is 3. The highest BCUT2D eigenvalue weighted by atomic mass is 16.5. The number of benzene rings is 1. The Morgan fingerprint density at radius 2 is 1.88 bits per heavy atom. The van der Waals surface area contributed by atoms with Crippen LogP contribution in [0.25, 0.3) is 16.6 Å². The molecule has 0 radical (unpaired) electrons. The van der Waals surface area contributed by atoms with Gasteiger partial charge in [0.25, 0.3) is 0 Å². The number of carbonyl (C=O) groups is 2. The summed E-state index contributed by atoms with van der Waals surface area (Å²) in [4.78, 5) is 24.4. The van der Waals surface area contributed by atoms with Crippen molar-refractivity contribution in [2.75, 3.05) is 6.61 Å². The fourth-order valence-corrected chi connectivity index (χ4v) is 3.18. The van der Waals surface area contributed by atoms with Gasteiger partial charge in [0.2, 0.25) is 0 Å². The van der Waals surface area contributed by atoms with Gasteiger partial charge in [-0.3, -0.25) is 4.79 Å². The van der Waals surface area contributed by atoms with Crippen LogP contribution in [0.5, 0.6) is 0 Å². The highest BCUT2D eigenvalue weighted by molar-refractivity contribution is 6.09. The van der Waals surface area contributed by atoms with Gasteiger partial charge in [0.05, 0.1) is 23.4 Å². The van der Waals surface area contributed by atoms with E-state index in [9.17, 15) is 9.59 Å². The monoisotopic (exact) mass is 335 g/mol. The van der Waals surface area contributed by atoms with Crippen molar-refractivity contribution in [3.05, 3.63) is 65.5 Å². The van der Waals surface area contributed by atoms with Gasteiger partial charge in [-0.25, -0.2) is 4.79 Å². The smallest absolute Gasteiger partial charge is 0.340 e. The molecule has 0 fully saturated rings. The molecule has 3 rings (SSSR count). The lowest BCUT2D eigenvalue weighted by Crippen LogP contribution is -2.05. The molecule has 4 nitrogen and oxygen atoms in total. The van der Waals surface area contributed by atoms with Gasteiger partial charge >= 0.3 is 5.97 Å². The average molecular weight is 335 g/mol. The number of ether oxygens (including phenoxy) is 1. The fourth-order valence-electron chi connectivity index (χ4n) is 3.18. The molecule has 2 heterocycles. The summed E-state index contributed by atoms with van der Waals surface area (Å²) in [6.07, 6.45) is 4.66. The highest BCUT2D eigenvalue weighted by Crippen LogP contribution is 2.33. The van der Waals surface area contributed by atoms with Crippen LogP contribution in [-0.2, 0) is 11.2 Å². The highest BCUT2D eigenvalue weighted by Gasteiger charge is 2.25. The number of nitrogens with zero attached hydrogens (tertiary/aromatic N) is 1. The van der Waals surface area contributed by atoms with E-state index in [0.29, 0.717) is 22.3 Å². The Kier molecular flexibility index (Phi) is 4.98. The van der Waals surface area contributed by atoms with Crippen LogP contribution < -0.4 is 0 Å². The fraction of sp³-hybridized carbons (Fsp3) is 0.238. The Labute approximate surface area is 147 Å². The van der Waals surface area contributed by atoms with Crippen LogP contribution in [0.3, 0.4) is 0 Å². The number of aldehydes is 1. The minimum atomic E-state index is -0.410. The number of hydrogen-bond donors (Lipinski definition) is 0. The lowest BCUT2D eigenvalue weighted by atomic mass is 9.98. The lowest BCUT2D eigenvalue weighted by molar-refractivity contribution is 0.0529. The van der Waals surface area contributed by atoms with E-state index in [1.54, 1.807) is 17.5 Å². The molecule has 2 aromatic heterocycles. The van der Waals surface area contributed by atoms with Crippen molar-refractivity contribution in [1.82, 2.24) is 4.40 Å². The first-order chi connectivity index (χ1) is 12.2. The molecular formula is C21H21NO3. The van der Waals surface area contributed by atoms with Crippen LogP contribution in [0.15, 0.2) is 48.7 Å². The third-order valence-corrected chi connectivity index (χ3v) is 4.25. The second kappa shape index (κ2) is 7.34. The zero-order chi connectivity index (χ0) is 17.8. The van der Waals surface area contributed by atoms with Gasteiger partial charge in [-0.05, 0) is 36.6 Å². The standard InChI is InChI=1S/C21H21NO3/c1-3-7-15-9-11-16(12-10-15)19-18(14-23)22-13-6-5-8-17(22)20(19)21(24)25-4-2/h5-6,8-14H,3-4,7H2,1-2H3. The van der Waals surface area contributed by atoms with Gasteiger partial charge in [0.15, 0.2) is 6.29 Å². The lowest BCUT2D eigenvalue weighted by Gasteiger charge is -2.07. The molecule has 0 spiro atoms. The second-order valence-corrected chi connectivity index (χ2v) is 5.88. The van der Waals surface area contributed by atoms with Crippen LogP contribution >= 0.6 is 0 Å². The average Bonchev–Trinajstić information content (AvgIpc) is 2.97. The summed E-state index contributed by atoms with van der Waals surface area (Å²) in [6, 6.07) is 13.5. The van der Waals surface area contributed by atoms with Gasteiger partial charge in [-0.15, -0.1) is 0 Å². The Hall–Kier alpha value is -2.88. The van der Waals surface area contributed by atoms with E-state index in [2.05, 4.69) is 6.92 Å². The third-order valence-electron chi connectivity index (χ3n) is 4.25. The molecule has 0 aliphatic rings. The summed E-state index contributed by atoms with van der Waals surface area (Å²) in [5.41, 5.74) is 4.28. The van der Waals surface area contributed by atoms with Gasteiger partial charge in [-0.2, -0.15) is 0 Å². The topological polar surface area (TPSA) is 47.8 Å². The van der Waals surface area contributed by atoms with Crippen molar-refractivity contribution < 1.29 is 14.3 Å². The van der Waals surface area contributed by atoms with Crippen LogP contribution in [0.1, 0.15) is 46.7 Å². The predicted octanol–water partition coefficient (Wildman–Crippen LogP) is 4.55. The zero-order valence-electron chi connectivity index (χ0n) is 14.5. The number of aryl methyl sites for hydroxylation is 1. The molecule has 0 aliphatic carbocycles. The molecule has 0 unspecified atom stereocenters. The van der Waals surface area contributed by atoms with Gasteiger partial charge in [0, 0.05) is 11.8 Å². The molecule has 3 aromatic rings. The van der Waals surface area contributed by atoms with Crippen LogP contribution in [-0.4, -0.2) is 23.3 Å². The summed E-state index contributed by atoms with van der Waals surface area (Å²) in [5.74, 6) is -0.410. The van der Waals surface area contributed by atoms with Crippen molar-refractivity contribution in [2.45, 2.75) is 26.7 Å². The van der Waals surface area contributed by atoms with Gasteiger partial charge in [0.1, 0.15) is 0 Å². The van der Waals surface area contributed by atoms with E-state index in [0.717, 1.165) is 24.7 Å². The van der Waals surface area contributed by atoms with E-state index < -0.39 is 5.97 Å². The van der Waals surface area contributed by atoms with Crippen molar-refractivity contribution in [3.8, 4) is 11.1 Å². The number of fused-ring (bicyclic) bond motifs is 1. The third kappa shape index (κ3) is 3.07. The van der Waals surface area contributed by atoms with Gasteiger partial charge in [-0.1, -0.05) is 43.7 Å². The summed E-state index contributed by atoms with van der Waals surface area (Å²) in [6.45, 7) is 4.20. The maximum atomic E-state index is 12.6. The molecule has 0 saturated carbocycles. The Morgan fingerprint density at radius 3 is 2.52 bits per heavy atom. The molecule has 128 valence electrons. The minimum Gasteiger partial charge on any atom is -0.462 e. The van der Waals surface area contributed by atoms with Crippen molar-refractivity contribution >= 4 is 17.8 Å². The SMILES string of the molecule is CCCc1ccc(-c2c(C(=O)OCC)c3ccccn3c2C=O)cc1. The second-order valence-electron chi connectivity index (χ2n) is 5.88. The van der Waals surface area contributed by atoms with E-state index in [4.69, 9.17) is 4.74 Å². The number of carbonyl (C=O) groups excluding carboxylic acids is 2. The van der Waals surface area contributed by atoms with Gasteiger partial charge < -0.3 is 9.14 Å². The molecular weight excluding hydrogens is 314 g/mol. The number of esters is 1. The maximum absolute atomic E-state index is 12.6. The molecule has 0 N–H and O–H groups in total. The number of aromatic nitrogens is 1. The zero-order valence-corrected chi connectivity index (χ0v) is 14.5. The van der Waals surface area contributed by atoms with Crippen LogP contribution in [0, 0.1) is 0 Å². The molecule has 0 atom stereocenters. The largest absolute Gasteiger partial charge is 0.462 e. The van der Waals surface area contributed by atoms with Crippen LogP contribution in [0.2, 0.25) is 0 Å². The summed E-state index contributed by atoms with van der Waals surface area (Å²) >= 11 is 0. The van der Waals surface area contributed by atoms with E-state index in [1.165, 1.54) is 5.56 Å². The first-order valence-electron chi connectivity index (χ1n) is 8.55. The molecule has 4 heteroatoms. The van der Waals surface area contributed by atoms with E-state index in [1.807, 2.05) is 42.5 Å². The quantitative estimate of drug-likeness (QED) is 0.490. The summed E-state index contributed by atoms with van der Waals surface area (Å²) < 4.78 is 6.99. The summed E-state index contributed by atoms with van der Waals surface area (Å²) in [5, 5.41) is 0. The normalized spacial score (nSPS) is 10.8. The van der Waals surface area contributed by atoms with Crippen molar-refractivity contribution in [2.24, 2.45) is 0 Å². The molecule has 1 aromatic carbocycles. The molecule has 0 amide bonds. The van der Waals surface area contributed by atoms with Crippen LogP contribution in [0.4, 0.5) is 0 Å².